The van der Waals surface area contributed by atoms with Crippen LogP contribution in [0.2, 0.25) is 0 Å². The van der Waals surface area contributed by atoms with E-state index in [4.69, 9.17) is 5.73 Å². The van der Waals surface area contributed by atoms with Crippen molar-refractivity contribution in [2.45, 2.75) is 38.1 Å². The molecule has 4 N–H and O–H groups in total. The molecule has 1 aliphatic carbocycles. The Morgan fingerprint density at radius 1 is 1.37 bits per heavy atom. The highest BCUT2D eigenvalue weighted by Gasteiger charge is 2.18. The Kier molecular flexibility index (Phi) is 4.80. The van der Waals surface area contributed by atoms with Gasteiger partial charge < -0.3 is 16.2 Å². The number of hydrogen-bond acceptors (Lipinski definition) is 3. The van der Waals surface area contributed by atoms with Crippen LogP contribution in [0.5, 0.6) is 5.75 Å². The SMILES string of the molecule is N[C@H](Cc1ccc(O)cc1)C(=O)NCCC1CCC1. The summed E-state index contributed by atoms with van der Waals surface area (Å²) >= 11 is 0. The third kappa shape index (κ3) is 4.24. The van der Waals surface area contributed by atoms with Crippen molar-refractivity contribution in [2.24, 2.45) is 11.7 Å². The smallest absolute Gasteiger partial charge is 0.237 e. The molecule has 19 heavy (non-hydrogen) atoms. The van der Waals surface area contributed by atoms with E-state index in [1.165, 1.54) is 19.3 Å². The molecular formula is C15H22N2O2. The predicted molar refractivity (Wildman–Crippen MR) is 74.8 cm³/mol. The van der Waals surface area contributed by atoms with Crippen LogP contribution in [0.1, 0.15) is 31.2 Å². The number of rotatable bonds is 6. The fourth-order valence-corrected chi connectivity index (χ4v) is 2.29. The van der Waals surface area contributed by atoms with Gasteiger partial charge >= 0.3 is 0 Å². The highest BCUT2D eigenvalue weighted by Crippen LogP contribution is 2.28. The zero-order valence-corrected chi connectivity index (χ0v) is 11.1. The lowest BCUT2D eigenvalue weighted by Gasteiger charge is -2.25. The van der Waals surface area contributed by atoms with Gasteiger partial charge in [-0.15, -0.1) is 0 Å². The Balaban J connectivity index is 1.70. The van der Waals surface area contributed by atoms with Crippen molar-refractivity contribution in [1.29, 1.82) is 0 Å². The Morgan fingerprint density at radius 3 is 2.63 bits per heavy atom. The maximum Gasteiger partial charge on any atom is 0.237 e. The summed E-state index contributed by atoms with van der Waals surface area (Å²) in [6.07, 6.45) is 5.50. The minimum absolute atomic E-state index is 0.0904. The molecular weight excluding hydrogens is 240 g/mol. The second-order valence-corrected chi connectivity index (χ2v) is 5.35. The molecule has 0 aliphatic heterocycles. The first-order valence-corrected chi connectivity index (χ1v) is 6.96. The molecule has 4 heteroatoms. The third-order valence-electron chi connectivity index (χ3n) is 3.81. The molecule has 0 saturated heterocycles. The minimum atomic E-state index is -0.522. The molecule has 1 saturated carbocycles. The van der Waals surface area contributed by atoms with Gasteiger partial charge in [0.05, 0.1) is 6.04 Å². The Bertz CT molecular complexity index is 413. The summed E-state index contributed by atoms with van der Waals surface area (Å²) in [5, 5.41) is 12.1. The molecule has 1 amide bonds. The Morgan fingerprint density at radius 2 is 2.05 bits per heavy atom. The van der Waals surface area contributed by atoms with E-state index in [-0.39, 0.29) is 11.7 Å². The number of benzene rings is 1. The lowest BCUT2D eigenvalue weighted by Crippen LogP contribution is -2.42. The van der Waals surface area contributed by atoms with Crippen LogP contribution in [-0.4, -0.2) is 23.6 Å². The molecule has 1 aromatic carbocycles. The predicted octanol–water partition coefficient (Wildman–Crippen LogP) is 1.57. The summed E-state index contributed by atoms with van der Waals surface area (Å²) < 4.78 is 0. The lowest BCUT2D eigenvalue weighted by atomic mass is 9.83. The van der Waals surface area contributed by atoms with Crippen LogP contribution in [0.3, 0.4) is 0 Å². The molecule has 1 aromatic rings. The summed E-state index contributed by atoms with van der Waals surface area (Å²) in [4.78, 5) is 11.8. The first-order valence-electron chi connectivity index (χ1n) is 6.96. The number of phenolic OH excluding ortho intramolecular Hbond substituents is 1. The van der Waals surface area contributed by atoms with Crippen LogP contribution in [0, 0.1) is 5.92 Å². The van der Waals surface area contributed by atoms with Crippen molar-refractivity contribution < 1.29 is 9.90 Å². The van der Waals surface area contributed by atoms with Crippen LogP contribution in [0.15, 0.2) is 24.3 Å². The van der Waals surface area contributed by atoms with Gasteiger partial charge in [0, 0.05) is 6.54 Å². The monoisotopic (exact) mass is 262 g/mol. The van der Waals surface area contributed by atoms with Crippen LogP contribution >= 0.6 is 0 Å². The quantitative estimate of drug-likeness (QED) is 0.728. The molecule has 0 radical (unpaired) electrons. The summed E-state index contributed by atoms with van der Waals surface area (Å²) in [6.45, 7) is 0.729. The van der Waals surface area contributed by atoms with Gasteiger partial charge in [0.2, 0.25) is 5.91 Å². The van der Waals surface area contributed by atoms with Gasteiger partial charge in [0.1, 0.15) is 5.75 Å². The van der Waals surface area contributed by atoms with E-state index in [0.29, 0.717) is 6.42 Å². The van der Waals surface area contributed by atoms with E-state index < -0.39 is 6.04 Å². The first kappa shape index (κ1) is 13.9. The fraction of sp³-hybridized carbons (Fsp3) is 0.533. The number of hydrogen-bond donors (Lipinski definition) is 3. The third-order valence-corrected chi connectivity index (χ3v) is 3.81. The van der Waals surface area contributed by atoms with Gasteiger partial charge in [-0.3, -0.25) is 4.79 Å². The van der Waals surface area contributed by atoms with Crippen LogP contribution < -0.4 is 11.1 Å². The first-order chi connectivity index (χ1) is 9.15. The van der Waals surface area contributed by atoms with Gasteiger partial charge in [-0.1, -0.05) is 31.4 Å². The topological polar surface area (TPSA) is 75.3 Å². The zero-order valence-electron chi connectivity index (χ0n) is 11.1. The van der Waals surface area contributed by atoms with Crippen molar-refractivity contribution in [3.8, 4) is 5.75 Å². The molecule has 0 aromatic heterocycles. The van der Waals surface area contributed by atoms with Gasteiger partial charge in [-0.05, 0) is 36.5 Å². The number of amides is 1. The van der Waals surface area contributed by atoms with E-state index in [1.807, 2.05) is 0 Å². The fourth-order valence-electron chi connectivity index (χ4n) is 2.29. The number of carbonyl (C=O) groups is 1. The van der Waals surface area contributed by atoms with Crippen molar-refractivity contribution in [1.82, 2.24) is 5.32 Å². The molecule has 0 unspecified atom stereocenters. The maximum atomic E-state index is 11.8. The van der Waals surface area contributed by atoms with Gasteiger partial charge in [0.25, 0.3) is 0 Å². The molecule has 0 spiro atoms. The molecule has 4 nitrogen and oxygen atoms in total. The highest BCUT2D eigenvalue weighted by atomic mass is 16.3. The average Bonchev–Trinajstić information content (AvgIpc) is 2.35. The molecule has 2 rings (SSSR count). The largest absolute Gasteiger partial charge is 0.508 e. The van der Waals surface area contributed by atoms with E-state index in [9.17, 15) is 9.90 Å². The van der Waals surface area contributed by atoms with Crippen molar-refractivity contribution in [2.75, 3.05) is 6.54 Å². The lowest BCUT2D eigenvalue weighted by molar-refractivity contribution is -0.122. The second kappa shape index (κ2) is 6.57. The van der Waals surface area contributed by atoms with Crippen molar-refractivity contribution in [3.05, 3.63) is 29.8 Å². The number of aromatic hydroxyl groups is 1. The van der Waals surface area contributed by atoms with E-state index in [2.05, 4.69) is 5.32 Å². The normalized spacial score (nSPS) is 16.7. The van der Waals surface area contributed by atoms with E-state index in [1.54, 1.807) is 24.3 Å². The molecule has 0 bridgehead atoms. The van der Waals surface area contributed by atoms with Crippen molar-refractivity contribution in [3.63, 3.8) is 0 Å². The number of carbonyl (C=O) groups excluding carboxylic acids is 1. The summed E-state index contributed by atoms with van der Waals surface area (Å²) in [6, 6.07) is 6.27. The van der Waals surface area contributed by atoms with E-state index >= 15 is 0 Å². The van der Waals surface area contributed by atoms with E-state index in [0.717, 1.165) is 24.4 Å². The Labute approximate surface area is 114 Å². The van der Waals surface area contributed by atoms with Gasteiger partial charge in [-0.25, -0.2) is 0 Å². The second-order valence-electron chi connectivity index (χ2n) is 5.35. The molecule has 1 atom stereocenters. The number of nitrogens with two attached hydrogens (primary N) is 1. The number of phenols is 1. The summed E-state index contributed by atoms with van der Waals surface area (Å²) in [5.41, 5.74) is 6.83. The van der Waals surface area contributed by atoms with Crippen LogP contribution in [0.25, 0.3) is 0 Å². The summed E-state index contributed by atoms with van der Waals surface area (Å²) in [5.74, 6) is 0.934. The standard InChI is InChI=1S/C15H22N2O2/c16-14(10-12-4-6-13(18)7-5-12)15(19)17-9-8-11-2-1-3-11/h4-7,11,14,18H,1-3,8-10,16H2,(H,17,19)/t14-/m1/s1. The van der Waals surface area contributed by atoms with Gasteiger partial charge in [0.15, 0.2) is 0 Å². The summed E-state index contributed by atoms with van der Waals surface area (Å²) in [7, 11) is 0. The van der Waals surface area contributed by atoms with Crippen molar-refractivity contribution >= 4 is 5.91 Å². The molecule has 1 aliphatic rings. The molecule has 0 heterocycles. The highest BCUT2D eigenvalue weighted by molar-refractivity contribution is 5.81. The molecule has 104 valence electrons. The van der Waals surface area contributed by atoms with Gasteiger partial charge in [-0.2, -0.15) is 0 Å². The average molecular weight is 262 g/mol. The number of nitrogens with one attached hydrogen (secondary N) is 1. The minimum Gasteiger partial charge on any atom is -0.508 e. The van der Waals surface area contributed by atoms with Crippen LogP contribution in [-0.2, 0) is 11.2 Å². The molecule has 1 fully saturated rings. The Hall–Kier alpha value is -1.55. The van der Waals surface area contributed by atoms with Crippen LogP contribution in [0.4, 0.5) is 0 Å². The zero-order chi connectivity index (χ0) is 13.7. The maximum absolute atomic E-state index is 11.8.